The normalized spacial score (nSPS) is 41.3. The third-order valence-electron chi connectivity index (χ3n) is 3.67. The first-order valence-electron chi connectivity index (χ1n) is 5.35. The molecule has 2 atom stereocenters. The average molecular weight is 183 g/mol. The number of nitrogens with two attached hydrogens (primary N) is 1. The molecule has 2 fully saturated rings. The van der Waals surface area contributed by atoms with Crippen molar-refractivity contribution in [2.75, 3.05) is 20.1 Å². The molecule has 0 bridgehead atoms. The van der Waals surface area contributed by atoms with E-state index in [-0.39, 0.29) is 5.54 Å². The van der Waals surface area contributed by atoms with Gasteiger partial charge >= 0.3 is 0 Å². The Morgan fingerprint density at radius 3 is 2.62 bits per heavy atom. The van der Waals surface area contributed by atoms with Gasteiger partial charge in [0.15, 0.2) is 0 Å². The Bertz CT molecular complexity index is 185. The van der Waals surface area contributed by atoms with Crippen molar-refractivity contribution < 1.29 is 0 Å². The highest BCUT2D eigenvalue weighted by Gasteiger charge is 2.45. The average Bonchev–Trinajstić information content (AvgIpc) is 2.91. The van der Waals surface area contributed by atoms with E-state index in [1.807, 2.05) is 7.05 Å². The van der Waals surface area contributed by atoms with E-state index in [1.165, 1.54) is 19.3 Å². The Balaban J connectivity index is 2.03. The van der Waals surface area contributed by atoms with E-state index in [0.717, 1.165) is 19.1 Å². The van der Waals surface area contributed by atoms with Crippen molar-refractivity contribution in [3.8, 4) is 0 Å². The van der Waals surface area contributed by atoms with Crippen LogP contribution in [0.15, 0.2) is 0 Å². The standard InChI is InChI=1S/C10H21N3/c1-8-5-10(6-11,12-2)7-13(8)9-3-4-9/h8-9,12H,3-7,11H2,1-2H3. The molecule has 0 radical (unpaired) electrons. The van der Waals surface area contributed by atoms with Gasteiger partial charge in [-0.05, 0) is 33.2 Å². The molecule has 1 saturated heterocycles. The maximum atomic E-state index is 5.84. The van der Waals surface area contributed by atoms with Crippen LogP contribution in [0.2, 0.25) is 0 Å². The first-order chi connectivity index (χ1) is 6.21. The quantitative estimate of drug-likeness (QED) is 0.655. The maximum Gasteiger partial charge on any atom is 0.0445 e. The summed E-state index contributed by atoms with van der Waals surface area (Å²) in [4.78, 5) is 2.63. The molecule has 13 heavy (non-hydrogen) atoms. The Hall–Kier alpha value is -0.120. The van der Waals surface area contributed by atoms with Gasteiger partial charge in [0.1, 0.15) is 0 Å². The van der Waals surface area contributed by atoms with E-state index < -0.39 is 0 Å². The van der Waals surface area contributed by atoms with E-state index in [0.29, 0.717) is 6.04 Å². The lowest BCUT2D eigenvalue weighted by atomic mass is 9.97. The van der Waals surface area contributed by atoms with Crippen LogP contribution in [0.5, 0.6) is 0 Å². The SMILES string of the molecule is CNC1(CN)CC(C)N(C2CC2)C1. The van der Waals surface area contributed by atoms with Crippen LogP contribution in [0.4, 0.5) is 0 Å². The van der Waals surface area contributed by atoms with Gasteiger partial charge in [0.05, 0.1) is 0 Å². The van der Waals surface area contributed by atoms with Gasteiger partial charge in [-0.2, -0.15) is 0 Å². The minimum Gasteiger partial charge on any atom is -0.329 e. The Labute approximate surface area is 80.7 Å². The van der Waals surface area contributed by atoms with E-state index in [9.17, 15) is 0 Å². The smallest absolute Gasteiger partial charge is 0.0445 e. The summed E-state index contributed by atoms with van der Waals surface area (Å²) in [6.07, 6.45) is 4.00. The number of likely N-dealkylation sites (N-methyl/N-ethyl adjacent to an activating group) is 1. The third-order valence-corrected chi connectivity index (χ3v) is 3.67. The predicted molar refractivity (Wildman–Crippen MR) is 54.7 cm³/mol. The van der Waals surface area contributed by atoms with Crippen molar-refractivity contribution in [3.63, 3.8) is 0 Å². The molecule has 76 valence electrons. The van der Waals surface area contributed by atoms with E-state index in [1.54, 1.807) is 0 Å². The van der Waals surface area contributed by atoms with Gasteiger partial charge in [0.2, 0.25) is 0 Å². The minimum absolute atomic E-state index is 0.196. The van der Waals surface area contributed by atoms with Crippen molar-refractivity contribution in [1.82, 2.24) is 10.2 Å². The second-order valence-corrected chi connectivity index (χ2v) is 4.69. The fraction of sp³-hybridized carbons (Fsp3) is 1.00. The molecule has 0 spiro atoms. The summed E-state index contributed by atoms with van der Waals surface area (Å²) < 4.78 is 0. The zero-order chi connectivity index (χ0) is 9.47. The molecule has 0 aromatic rings. The Kier molecular flexibility index (Phi) is 2.34. The van der Waals surface area contributed by atoms with Crippen molar-refractivity contribution in [1.29, 1.82) is 0 Å². The van der Waals surface area contributed by atoms with Crippen molar-refractivity contribution >= 4 is 0 Å². The lowest BCUT2D eigenvalue weighted by molar-refractivity contribution is 0.244. The summed E-state index contributed by atoms with van der Waals surface area (Å²) in [5.41, 5.74) is 6.03. The maximum absolute atomic E-state index is 5.84. The van der Waals surface area contributed by atoms with E-state index >= 15 is 0 Å². The monoisotopic (exact) mass is 183 g/mol. The van der Waals surface area contributed by atoms with Gasteiger partial charge < -0.3 is 11.1 Å². The molecule has 2 aliphatic rings. The van der Waals surface area contributed by atoms with Crippen LogP contribution in [-0.4, -0.2) is 42.7 Å². The first kappa shape index (κ1) is 9.44. The summed E-state index contributed by atoms with van der Waals surface area (Å²) in [6.45, 7) is 4.23. The van der Waals surface area contributed by atoms with Gasteiger partial charge in [0.25, 0.3) is 0 Å². The predicted octanol–water partition coefficient (Wildman–Crippen LogP) is 0.160. The molecule has 1 aliphatic carbocycles. The lowest BCUT2D eigenvalue weighted by Gasteiger charge is -2.27. The molecular weight excluding hydrogens is 162 g/mol. The minimum atomic E-state index is 0.196. The topological polar surface area (TPSA) is 41.3 Å². The molecule has 2 unspecified atom stereocenters. The largest absolute Gasteiger partial charge is 0.329 e. The fourth-order valence-electron chi connectivity index (χ4n) is 2.58. The highest BCUT2D eigenvalue weighted by Crippen LogP contribution is 2.36. The van der Waals surface area contributed by atoms with Gasteiger partial charge in [-0.1, -0.05) is 0 Å². The first-order valence-corrected chi connectivity index (χ1v) is 5.35. The number of nitrogens with one attached hydrogen (secondary N) is 1. The second-order valence-electron chi connectivity index (χ2n) is 4.69. The molecule has 1 saturated carbocycles. The number of likely N-dealkylation sites (tertiary alicyclic amines) is 1. The zero-order valence-electron chi connectivity index (χ0n) is 8.71. The van der Waals surface area contributed by atoms with E-state index in [2.05, 4.69) is 17.1 Å². The molecule has 0 aromatic heterocycles. The lowest BCUT2D eigenvalue weighted by Crippen LogP contribution is -2.51. The van der Waals surface area contributed by atoms with Crippen LogP contribution in [0.25, 0.3) is 0 Å². The highest BCUT2D eigenvalue weighted by molar-refractivity contribution is 5.05. The van der Waals surface area contributed by atoms with E-state index in [4.69, 9.17) is 5.73 Å². The fourth-order valence-corrected chi connectivity index (χ4v) is 2.58. The zero-order valence-corrected chi connectivity index (χ0v) is 8.71. The van der Waals surface area contributed by atoms with Crippen LogP contribution in [0.1, 0.15) is 26.2 Å². The van der Waals surface area contributed by atoms with Crippen molar-refractivity contribution in [3.05, 3.63) is 0 Å². The molecule has 1 heterocycles. The molecule has 3 nitrogen and oxygen atoms in total. The highest BCUT2D eigenvalue weighted by atomic mass is 15.3. The van der Waals surface area contributed by atoms with Crippen LogP contribution in [0, 0.1) is 0 Å². The summed E-state index contributed by atoms with van der Waals surface area (Å²) in [5, 5.41) is 3.40. The number of hydrogen-bond acceptors (Lipinski definition) is 3. The van der Waals surface area contributed by atoms with Crippen molar-refractivity contribution in [2.24, 2.45) is 5.73 Å². The van der Waals surface area contributed by atoms with Gasteiger partial charge in [-0.25, -0.2) is 0 Å². The molecule has 3 heteroatoms. The molecule has 0 aromatic carbocycles. The Morgan fingerprint density at radius 1 is 1.54 bits per heavy atom. The van der Waals surface area contributed by atoms with Crippen molar-refractivity contribution in [2.45, 2.75) is 43.8 Å². The summed E-state index contributed by atoms with van der Waals surface area (Å²) in [5.74, 6) is 0. The van der Waals surface area contributed by atoms with Gasteiger partial charge in [-0.15, -0.1) is 0 Å². The second kappa shape index (κ2) is 3.23. The number of nitrogens with zero attached hydrogens (tertiary/aromatic N) is 1. The molecular formula is C10H21N3. The van der Waals surface area contributed by atoms with Crippen LogP contribution in [0.3, 0.4) is 0 Å². The van der Waals surface area contributed by atoms with Gasteiger partial charge in [-0.3, -0.25) is 4.90 Å². The molecule has 3 N–H and O–H groups in total. The summed E-state index contributed by atoms with van der Waals surface area (Å²) >= 11 is 0. The number of hydrogen-bond donors (Lipinski definition) is 2. The van der Waals surface area contributed by atoms with Gasteiger partial charge in [0, 0.05) is 30.7 Å². The summed E-state index contributed by atoms with van der Waals surface area (Å²) in [7, 11) is 2.04. The molecule has 1 aliphatic heterocycles. The Morgan fingerprint density at radius 2 is 2.23 bits per heavy atom. The molecule has 2 rings (SSSR count). The van der Waals surface area contributed by atoms with Crippen LogP contribution >= 0.6 is 0 Å². The molecule has 0 amide bonds. The third kappa shape index (κ3) is 1.60. The van der Waals surface area contributed by atoms with Crippen LogP contribution in [-0.2, 0) is 0 Å². The number of rotatable bonds is 3. The van der Waals surface area contributed by atoms with Crippen LogP contribution < -0.4 is 11.1 Å². The summed E-state index contributed by atoms with van der Waals surface area (Å²) in [6, 6.07) is 1.58.